The first-order valence-corrected chi connectivity index (χ1v) is 13.4. The van der Waals surface area contributed by atoms with Gasteiger partial charge in [-0.15, -0.1) is 0 Å². The Bertz CT molecular complexity index is 1340. The quantitative estimate of drug-likeness (QED) is 0.319. The molecule has 0 amide bonds. The van der Waals surface area contributed by atoms with Crippen molar-refractivity contribution in [1.29, 1.82) is 0 Å². The number of pyridine rings is 2. The van der Waals surface area contributed by atoms with Crippen LogP contribution in [0.1, 0.15) is 84.5 Å². The molecule has 37 heavy (non-hydrogen) atoms. The molecule has 4 fully saturated rings. The first-order chi connectivity index (χ1) is 17.9. The van der Waals surface area contributed by atoms with E-state index >= 15 is 0 Å². The molecule has 4 aliphatic rings. The molecule has 0 spiro atoms. The molecule has 7 rings (SSSR count). The van der Waals surface area contributed by atoms with Gasteiger partial charge < -0.3 is 14.4 Å². The molecule has 0 aromatic carbocycles. The Morgan fingerprint density at radius 2 is 1.73 bits per heavy atom. The van der Waals surface area contributed by atoms with E-state index < -0.39 is 5.97 Å². The minimum atomic E-state index is -0.965. The molecule has 4 aliphatic carbocycles. The highest BCUT2D eigenvalue weighted by Gasteiger charge is 2.48. The second kappa shape index (κ2) is 9.53. The second-order valence-corrected chi connectivity index (χ2v) is 11.4. The maximum absolute atomic E-state index is 11.3. The third-order valence-electron chi connectivity index (χ3n) is 8.25. The molecule has 3 aromatic rings. The molecule has 4 saturated carbocycles. The van der Waals surface area contributed by atoms with E-state index in [4.69, 9.17) is 32.5 Å². The number of carbonyl (C=O) groups is 1. The van der Waals surface area contributed by atoms with E-state index in [1.165, 1.54) is 6.20 Å². The van der Waals surface area contributed by atoms with Crippen molar-refractivity contribution in [3.8, 4) is 11.3 Å². The molecule has 3 heterocycles. The number of carboxylic acid groups (broad SMARTS) is 1. The van der Waals surface area contributed by atoms with E-state index in [1.54, 1.807) is 24.7 Å². The van der Waals surface area contributed by atoms with Crippen LogP contribution < -0.4 is 0 Å². The number of hydrogen-bond donors (Lipinski definition) is 1. The van der Waals surface area contributed by atoms with Crippen molar-refractivity contribution in [3.63, 3.8) is 0 Å². The summed E-state index contributed by atoms with van der Waals surface area (Å²) in [4.78, 5) is 19.4. The highest BCUT2D eigenvalue weighted by Crippen LogP contribution is 2.55. The molecule has 0 radical (unpaired) electrons. The van der Waals surface area contributed by atoms with E-state index in [1.807, 2.05) is 6.08 Å². The monoisotopic (exact) mass is 539 g/mol. The van der Waals surface area contributed by atoms with Gasteiger partial charge in [0.15, 0.2) is 0 Å². The molecule has 7 nitrogen and oxygen atoms in total. The van der Waals surface area contributed by atoms with Crippen molar-refractivity contribution in [2.45, 2.75) is 69.5 Å². The summed E-state index contributed by atoms with van der Waals surface area (Å²) >= 11 is 12.9. The van der Waals surface area contributed by atoms with Crippen molar-refractivity contribution in [1.82, 2.24) is 15.1 Å². The number of hydrogen-bond acceptors (Lipinski definition) is 6. The summed E-state index contributed by atoms with van der Waals surface area (Å²) in [6, 6.07) is 1.66. The van der Waals surface area contributed by atoms with Crippen molar-refractivity contribution in [3.05, 3.63) is 69.4 Å². The number of carboxylic acids is 1. The fourth-order valence-electron chi connectivity index (χ4n) is 5.77. The molecular weight excluding hydrogens is 513 g/mol. The number of fused-ring (bicyclic) bond motifs is 3. The summed E-state index contributed by atoms with van der Waals surface area (Å²) in [5, 5.41) is 14.5. The summed E-state index contributed by atoms with van der Waals surface area (Å²) in [7, 11) is 0. The van der Waals surface area contributed by atoms with Crippen LogP contribution in [-0.2, 0) is 11.3 Å². The summed E-state index contributed by atoms with van der Waals surface area (Å²) < 4.78 is 12.5. The summed E-state index contributed by atoms with van der Waals surface area (Å²) in [6.45, 7) is 0.413. The third-order valence-corrected chi connectivity index (χ3v) is 8.82. The van der Waals surface area contributed by atoms with Gasteiger partial charge in [0.05, 0.1) is 27.8 Å². The second-order valence-electron chi connectivity index (χ2n) is 10.6. The predicted octanol–water partition coefficient (Wildman–Crippen LogP) is 7.34. The van der Waals surface area contributed by atoms with Crippen LogP contribution in [0.25, 0.3) is 17.3 Å². The van der Waals surface area contributed by atoms with Gasteiger partial charge in [0.25, 0.3) is 0 Å². The molecule has 192 valence electrons. The number of rotatable bonds is 8. The van der Waals surface area contributed by atoms with Crippen LogP contribution in [0.4, 0.5) is 0 Å². The lowest BCUT2D eigenvalue weighted by Crippen LogP contribution is -2.46. The molecule has 0 aliphatic heterocycles. The van der Waals surface area contributed by atoms with E-state index in [-0.39, 0.29) is 16.6 Å². The zero-order chi connectivity index (χ0) is 25.6. The van der Waals surface area contributed by atoms with Gasteiger partial charge in [-0.3, -0.25) is 9.97 Å². The van der Waals surface area contributed by atoms with E-state index in [9.17, 15) is 9.90 Å². The van der Waals surface area contributed by atoms with Crippen LogP contribution >= 0.6 is 23.2 Å². The van der Waals surface area contributed by atoms with E-state index in [0.29, 0.717) is 33.8 Å². The maximum atomic E-state index is 11.3. The van der Waals surface area contributed by atoms with Crippen molar-refractivity contribution in [2.75, 3.05) is 0 Å². The molecule has 9 heteroatoms. The maximum Gasteiger partial charge on any atom is 0.337 e. The van der Waals surface area contributed by atoms with E-state index in [0.717, 1.165) is 68.3 Å². The Labute approximate surface area is 224 Å². The summed E-state index contributed by atoms with van der Waals surface area (Å²) in [5.74, 6) is 0.297. The third kappa shape index (κ3) is 4.80. The molecule has 3 aromatic heterocycles. The average Bonchev–Trinajstić information content (AvgIpc) is 3.68. The normalized spacial score (nSPS) is 25.1. The lowest BCUT2D eigenvalue weighted by molar-refractivity contribution is -0.133. The Balaban J connectivity index is 1.17. The topological polar surface area (TPSA) is 98.3 Å². The SMILES string of the molecule is O=C(O)c1cncc(C=CC23CCC(OCc4c(-c5c(Cl)cncc5Cl)noc4C4CC4)(CC2)CC3)c1. The Morgan fingerprint density at radius 1 is 1.05 bits per heavy atom. The first kappa shape index (κ1) is 24.6. The molecule has 2 bridgehead atoms. The smallest absolute Gasteiger partial charge is 0.337 e. The molecule has 1 N–H and O–H groups in total. The number of halogens is 2. The highest BCUT2D eigenvalue weighted by atomic mass is 35.5. The fraction of sp³-hybridized carbons (Fsp3) is 0.429. The fourth-order valence-corrected chi connectivity index (χ4v) is 6.32. The predicted molar refractivity (Wildman–Crippen MR) is 140 cm³/mol. The Hall–Kier alpha value is -2.74. The van der Waals surface area contributed by atoms with Gasteiger partial charge in [-0.25, -0.2) is 4.79 Å². The van der Waals surface area contributed by atoms with Crippen LogP contribution in [0.2, 0.25) is 10.0 Å². The minimum absolute atomic E-state index is 0.115. The first-order valence-electron chi connectivity index (χ1n) is 12.7. The molecular formula is C28H27Cl2N3O4. The largest absolute Gasteiger partial charge is 0.478 e. The van der Waals surface area contributed by atoms with Gasteiger partial charge in [-0.1, -0.05) is 40.5 Å². The number of aromatic carboxylic acids is 1. The molecule has 0 unspecified atom stereocenters. The zero-order valence-electron chi connectivity index (χ0n) is 20.3. The Kier molecular flexibility index (Phi) is 6.33. The summed E-state index contributed by atoms with van der Waals surface area (Å²) in [5.41, 5.74) is 3.20. The number of ether oxygens (including phenoxy) is 1. The highest BCUT2D eigenvalue weighted by molar-refractivity contribution is 6.38. The Morgan fingerprint density at radius 3 is 2.38 bits per heavy atom. The van der Waals surface area contributed by atoms with Crippen molar-refractivity contribution in [2.24, 2.45) is 5.41 Å². The van der Waals surface area contributed by atoms with Gasteiger partial charge in [-0.2, -0.15) is 0 Å². The number of nitrogens with zero attached hydrogens (tertiary/aromatic N) is 3. The van der Waals surface area contributed by atoms with Crippen LogP contribution in [0, 0.1) is 5.41 Å². The minimum Gasteiger partial charge on any atom is -0.478 e. The molecule has 0 atom stereocenters. The molecule has 0 saturated heterocycles. The summed E-state index contributed by atoms with van der Waals surface area (Å²) in [6.07, 6.45) is 18.7. The number of aromatic nitrogens is 3. The van der Waals surface area contributed by atoms with Crippen LogP contribution in [0.3, 0.4) is 0 Å². The van der Waals surface area contributed by atoms with Crippen LogP contribution in [0.5, 0.6) is 0 Å². The van der Waals surface area contributed by atoms with Gasteiger partial charge in [-0.05, 0) is 68.4 Å². The lowest BCUT2D eigenvalue weighted by Gasteiger charge is -2.52. The van der Waals surface area contributed by atoms with E-state index in [2.05, 4.69) is 21.2 Å². The lowest BCUT2D eigenvalue weighted by atomic mass is 9.58. The van der Waals surface area contributed by atoms with Gasteiger partial charge in [0.2, 0.25) is 0 Å². The van der Waals surface area contributed by atoms with Crippen molar-refractivity contribution < 1.29 is 19.2 Å². The van der Waals surface area contributed by atoms with Crippen LogP contribution in [0.15, 0.2) is 41.5 Å². The van der Waals surface area contributed by atoms with Crippen molar-refractivity contribution >= 4 is 35.2 Å². The van der Waals surface area contributed by atoms with Gasteiger partial charge >= 0.3 is 5.97 Å². The zero-order valence-corrected chi connectivity index (χ0v) is 21.8. The van der Waals surface area contributed by atoms with Gasteiger partial charge in [0, 0.05) is 41.8 Å². The van der Waals surface area contributed by atoms with Crippen LogP contribution in [-0.4, -0.2) is 31.8 Å². The standard InChI is InChI=1S/C28H27Cl2N3O4/c29-21-14-32-15-22(30)23(21)24-20(25(37-33-24)18-1-2-18)16-36-28-8-5-27(6-9-28,7-10-28)4-3-17-11-19(26(34)35)13-31-12-17/h3-4,11-15,18H,1-2,5-10,16H2,(H,34,35). The number of allylic oxidation sites excluding steroid dienone is 1. The average molecular weight is 540 g/mol. The van der Waals surface area contributed by atoms with Gasteiger partial charge in [0.1, 0.15) is 11.5 Å².